The highest BCUT2D eigenvalue weighted by Crippen LogP contribution is 2.28. The molecule has 0 saturated heterocycles. The molecule has 0 spiro atoms. The van der Waals surface area contributed by atoms with E-state index in [0.717, 1.165) is 0 Å². The lowest BCUT2D eigenvalue weighted by molar-refractivity contribution is -0.140. The minimum absolute atomic E-state index is 0.00917. The number of amides is 1. The van der Waals surface area contributed by atoms with Crippen LogP contribution in [0, 0.1) is 0 Å². The van der Waals surface area contributed by atoms with Gasteiger partial charge in [0.2, 0.25) is 5.91 Å². The van der Waals surface area contributed by atoms with Crippen LogP contribution in [0.25, 0.3) is 0 Å². The summed E-state index contributed by atoms with van der Waals surface area (Å²) in [6, 6.07) is 0. The molecule has 0 aromatic carbocycles. The van der Waals surface area contributed by atoms with Crippen LogP contribution in [0.15, 0.2) is 9.95 Å². The van der Waals surface area contributed by atoms with Gasteiger partial charge in [-0.25, -0.2) is 4.98 Å². The third-order valence-electron chi connectivity index (χ3n) is 2.42. The smallest absolute Gasteiger partial charge is 0.311 e. The maximum Gasteiger partial charge on any atom is 0.311 e. The first-order valence-corrected chi connectivity index (χ1v) is 5.96. The number of nitrogens with zero attached hydrogens (tertiary/aromatic N) is 1. The first-order chi connectivity index (χ1) is 8.02. The van der Waals surface area contributed by atoms with Crippen molar-refractivity contribution in [2.45, 2.75) is 17.5 Å². The Balaban J connectivity index is 2.62. The molecule has 0 bridgehead atoms. The molecular weight excluding hydrogens is 246 g/mol. The number of fused-ring (bicyclic) bond motifs is 1. The van der Waals surface area contributed by atoms with Crippen molar-refractivity contribution in [3.8, 4) is 0 Å². The molecule has 1 atom stereocenters. The quantitative estimate of drug-likeness (QED) is 0.506. The van der Waals surface area contributed by atoms with Crippen LogP contribution in [-0.4, -0.2) is 33.2 Å². The van der Waals surface area contributed by atoms with E-state index in [4.69, 9.17) is 5.11 Å². The highest BCUT2D eigenvalue weighted by molar-refractivity contribution is 7.98. The van der Waals surface area contributed by atoms with Gasteiger partial charge in [-0.05, 0) is 6.26 Å². The topological polar surface area (TPSA) is 112 Å². The summed E-state index contributed by atoms with van der Waals surface area (Å²) in [4.78, 5) is 40.5. The number of thioether (sulfide) groups is 1. The molecule has 0 fully saturated rings. The Morgan fingerprint density at radius 1 is 1.53 bits per heavy atom. The van der Waals surface area contributed by atoms with Crippen LogP contribution >= 0.6 is 11.8 Å². The average Bonchev–Trinajstić information content (AvgIpc) is 2.26. The molecule has 1 amide bonds. The molecule has 7 nitrogen and oxygen atoms in total. The molecule has 17 heavy (non-hydrogen) atoms. The second kappa shape index (κ2) is 4.21. The van der Waals surface area contributed by atoms with Crippen molar-refractivity contribution in [2.24, 2.45) is 0 Å². The van der Waals surface area contributed by atoms with Crippen molar-refractivity contribution in [3.05, 3.63) is 15.9 Å². The van der Waals surface area contributed by atoms with E-state index >= 15 is 0 Å². The van der Waals surface area contributed by atoms with Crippen molar-refractivity contribution in [1.29, 1.82) is 0 Å². The summed E-state index contributed by atoms with van der Waals surface area (Å²) in [5, 5.41) is 11.7. The minimum Gasteiger partial charge on any atom is -0.481 e. The number of carbonyl (C=O) groups excluding carboxylic acids is 1. The highest BCUT2D eigenvalue weighted by atomic mass is 32.2. The number of rotatable bonds is 2. The Hall–Kier alpha value is -1.83. The van der Waals surface area contributed by atoms with Crippen LogP contribution in [0.2, 0.25) is 0 Å². The fraction of sp³-hybridized carbons (Fsp3) is 0.333. The predicted molar refractivity (Wildman–Crippen MR) is 60.3 cm³/mol. The first-order valence-electron chi connectivity index (χ1n) is 4.73. The molecule has 2 rings (SSSR count). The molecule has 1 unspecified atom stereocenters. The van der Waals surface area contributed by atoms with Gasteiger partial charge in [-0.2, -0.15) is 0 Å². The van der Waals surface area contributed by atoms with E-state index in [-0.39, 0.29) is 17.8 Å². The van der Waals surface area contributed by atoms with Gasteiger partial charge in [-0.3, -0.25) is 14.4 Å². The van der Waals surface area contributed by atoms with Gasteiger partial charge in [0, 0.05) is 6.42 Å². The van der Waals surface area contributed by atoms with Gasteiger partial charge >= 0.3 is 5.97 Å². The molecule has 90 valence electrons. The minimum atomic E-state index is -1.20. The first kappa shape index (κ1) is 11.6. The van der Waals surface area contributed by atoms with Crippen molar-refractivity contribution in [1.82, 2.24) is 9.97 Å². The summed E-state index contributed by atoms with van der Waals surface area (Å²) in [5.74, 6) is -2.74. The molecule has 8 heteroatoms. The van der Waals surface area contributed by atoms with Crippen LogP contribution in [0.1, 0.15) is 17.9 Å². The Bertz CT molecular complexity index is 554. The van der Waals surface area contributed by atoms with Gasteiger partial charge in [0.05, 0.1) is 11.5 Å². The van der Waals surface area contributed by atoms with Crippen molar-refractivity contribution in [2.75, 3.05) is 11.6 Å². The molecule has 1 aliphatic rings. The number of hydrogen-bond donors (Lipinski definition) is 3. The van der Waals surface area contributed by atoms with E-state index < -0.39 is 23.4 Å². The molecule has 1 aromatic heterocycles. The standard InChI is InChI=1S/C9H9N3O4S/c1-17-9-11-6-5(7(14)12-9)3(8(15)16)2-4(13)10-6/h3H,2H2,1H3,(H,15,16)(H2,10,11,12,13,14). The van der Waals surface area contributed by atoms with Gasteiger partial charge in [-0.1, -0.05) is 11.8 Å². The van der Waals surface area contributed by atoms with Gasteiger partial charge in [0.25, 0.3) is 5.56 Å². The number of carbonyl (C=O) groups is 2. The van der Waals surface area contributed by atoms with E-state index in [1.807, 2.05) is 0 Å². The van der Waals surface area contributed by atoms with Crippen LogP contribution in [-0.2, 0) is 9.59 Å². The van der Waals surface area contributed by atoms with Gasteiger partial charge in [0.15, 0.2) is 5.16 Å². The summed E-state index contributed by atoms with van der Waals surface area (Å²) < 4.78 is 0. The zero-order valence-corrected chi connectivity index (χ0v) is 9.63. The Morgan fingerprint density at radius 2 is 2.24 bits per heavy atom. The maximum absolute atomic E-state index is 11.7. The largest absolute Gasteiger partial charge is 0.481 e. The van der Waals surface area contributed by atoms with Crippen molar-refractivity contribution < 1.29 is 14.7 Å². The molecular formula is C9H9N3O4S. The zero-order valence-electron chi connectivity index (χ0n) is 8.81. The second-order valence-electron chi connectivity index (χ2n) is 3.48. The predicted octanol–water partition coefficient (Wildman–Crippen LogP) is 0.00220. The van der Waals surface area contributed by atoms with E-state index in [2.05, 4.69) is 15.3 Å². The van der Waals surface area contributed by atoms with Crippen molar-refractivity contribution >= 4 is 29.5 Å². The normalized spacial score (nSPS) is 18.4. The molecule has 0 aliphatic carbocycles. The second-order valence-corrected chi connectivity index (χ2v) is 4.28. The number of aliphatic carboxylic acids is 1. The molecule has 0 radical (unpaired) electrons. The molecule has 0 saturated carbocycles. The number of aromatic amines is 1. The van der Waals surface area contributed by atoms with Crippen molar-refractivity contribution in [3.63, 3.8) is 0 Å². The summed E-state index contributed by atoms with van der Waals surface area (Å²) in [7, 11) is 0. The highest BCUT2D eigenvalue weighted by Gasteiger charge is 2.34. The lowest BCUT2D eigenvalue weighted by atomic mass is 9.94. The Labute approximate surface area is 99.6 Å². The average molecular weight is 255 g/mol. The molecule has 3 N–H and O–H groups in total. The monoisotopic (exact) mass is 255 g/mol. The fourth-order valence-corrected chi connectivity index (χ4v) is 2.04. The van der Waals surface area contributed by atoms with Crippen LogP contribution in [0.4, 0.5) is 5.82 Å². The molecule has 1 aliphatic heterocycles. The SMILES string of the molecule is CSc1nc2c(c(=O)[nH]1)C(C(=O)O)CC(=O)N2. The third-order valence-corrected chi connectivity index (χ3v) is 3.00. The summed E-state index contributed by atoms with van der Waals surface area (Å²) in [6.45, 7) is 0. The van der Waals surface area contributed by atoms with Gasteiger partial charge in [0.1, 0.15) is 5.82 Å². The van der Waals surface area contributed by atoms with Crippen LogP contribution in [0.5, 0.6) is 0 Å². The number of nitrogens with one attached hydrogen (secondary N) is 2. The number of carboxylic acids is 1. The summed E-state index contributed by atoms with van der Waals surface area (Å²) in [5.41, 5.74) is -0.512. The van der Waals surface area contributed by atoms with Crippen LogP contribution in [0.3, 0.4) is 0 Å². The van der Waals surface area contributed by atoms with E-state index in [1.54, 1.807) is 6.26 Å². The van der Waals surface area contributed by atoms with Gasteiger partial charge in [-0.15, -0.1) is 0 Å². The Morgan fingerprint density at radius 3 is 2.82 bits per heavy atom. The lowest BCUT2D eigenvalue weighted by Gasteiger charge is -2.20. The number of anilines is 1. The lowest BCUT2D eigenvalue weighted by Crippen LogP contribution is -2.34. The number of carboxylic acid groups (broad SMARTS) is 1. The van der Waals surface area contributed by atoms with E-state index in [9.17, 15) is 14.4 Å². The number of aromatic nitrogens is 2. The summed E-state index contributed by atoms with van der Waals surface area (Å²) >= 11 is 1.20. The van der Waals surface area contributed by atoms with E-state index in [1.165, 1.54) is 11.8 Å². The number of H-pyrrole nitrogens is 1. The Kier molecular flexibility index (Phi) is 2.88. The molecule has 2 heterocycles. The maximum atomic E-state index is 11.7. The fourth-order valence-electron chi connectivity index (χ4n) is 1.66. The van der Waals surface area contributed by atoms with Crippen LogP contribution < -0.4 is 10.9 Å². The zero-order chi connectivity index (χ0) is 12.6. The van der Waals surface area contributed by atoms with E-state index in [0.29, 0.717) is 5.16 Å². The van der Waals surface area contributed by atoms with Gasteiger partial charge < -0.3 is 15.4 Å². The molecule has 1 aromatic rings. The number of hydrogen-bond acceptors (Lipinski definition) is 5. The third kappa shape index (κ3) is 2.03. The summed E-state index contributed by atoms with van der Waals surface area (Å²) in [6.07, 6.45) is 1.47.